The van der Waals surface area contributed by atoms with E-state index in [0.717, 1.165) is 19.1 Å². The predicted octanol–water partition coefficient (Wildman–Crippen LogP) is 1.52. The van der Waals surface area contributed by atoms with E-state index in [4.69, 9.17) is 4.74 Å². The molecule has 24 heavy (non-hydrogen) atoms. The monoisotopic (exact) mass is 355 g/mol. The van der Waals surface area contributed by atoms with Crippen LogP contribution in [0.25, 0.3) is 10.9 Å². The van der Waals surface area contributed by atoms with Gasteiger partial charge in [0.15, 0.2) is 0 Å². The van der Waals surface area contributed by atoms with E-state index in [-0.39, 0.29) is 11.6 Å². The van der Waals surface area contributed by atoms with Crippen LogP contribution >= 0.6 is 0 Å². The average molecular weight is 355 g/mol. The molecule has 3 rings (SSSR count). The van der Waals surface area contributed by atoms with Crippen LogP contribution in [-0.4, -0.2) is 43.6 Å². The van der Waals surface area contributed by atoms with Gasteiger partial charge in [-0.1, -0.05) is 0 Å². The topological polar surface area (TPSA) is 90.3 Å². The molecule has 0 saturated carbocycles. The van der Waals surface area contributed by atoms with Crippen molar-refractivity contribution in [3.63, 3.8) is 0 Å². The van der Waals surface area contributed by atoms with E-state index in [2.05, 4.69) is 5.10 Å². The van der Waals surface area contributed by atoms with Crippen molar-refractivity contribution in [2.75, 3.05) is 19.5 Å². The Morgan fingerprint density at radius 2 is 2.04 bits per heavy atom. The summed E-state index contributed by atoms with van der Waals surface area (Å²) in [6.45, 7) is 3.03. The summed E-state index contributed by atoms with van der Waals surface area (Å²) in [7, 11) is -3.76. The Balaban J connectivity index is 2.05. The second kappa shape index (κ2) is 6.14. The van der Waals surface area contributed by atoms with Crippen LogP contribution in [0.3, 0.4) is 0 Å². The van der Waals surface area contributed by atoms with E-state index in [9.17, 15) is 17.6 Å². The number of benzene rings is 1. The van der Waals surface area contributed by atoms with Crippen molar-refractivity contribution >= 4 is 26.8 Å². The number of aromatic nitrogens is 2. The Bertz CT molecular complexity index is 901. The Kier molecular flexibility index (Phi) is 4.31. The van der Waals surface area contributed by atoms with Gasteiger partial charge in [-0.3, -0.25) is 9.48 Å². The zero-order chi connectivity index (χ0) is 17.5. The van der Waals surface area contributed by atoms with Crippen molar-refractivity contribution in [3.05, 3.63) is 29.2 Å². The van der Waals surface area contributed by atoms with Crippen molar-refractivity contribution in [1.29, 1.82) is 0 Å². The lowest BCUT2D eigenvalue weighted by Crippen LogP contribution is -2.30. The van der Waals surface area contributed by atoms with E-state index >= 15 is 0 Å². The van der Waals surface area contributed by atoms with Gasteiger partial charge in [0.1, 0.15) is 5.82 Å². The number of carbonyl (C=O) groups is 1. The number of fused-ring (bicyclic) bond motifs is 1. The minimum Gasteiger partial charge on any atom is -0.381 e. The highest BCUT2D eigenvalue weighted by Crippen LogP contribution is 2.29. The Morgan fingerprint density at radius 3 is 2.67 bits per heavy atom. The number of nitrogens with zero attached hydrogens (tertiary/aromatic N) is 2. The second-order valence-corrected chi connectivity index (χ2v) is 7.67. The molecular formula is C15H18FN3O4S. The third-order valence-electron chi connectivity index (χ3n) is 4.04. The molecule has 2 heterocycles. The first kappa shape index (κ1) is 16.8. The lowest BCUT2D eigenvalue weighted by Gasteiger charge is -2.23. The molecule has 1 amide bonds. The van der Waals surface area contributed by atoms with E-state index in [1.807, 2.05) is 0 Å². The van der Waals surface area contributed by atoms with Crippen LogP contribution in [-0.2, 0) is 14.8 Å². The fourth-order valence-corrected chi connectivity index (χ4v) is 3.36. The molecule has 0 spiro atoms. The number of amides is 1. The Hall–Kier alpha value is -2.00. The zero-order valence-corrected chi connectivity index (χ0v) is 14.2. The molecule has 7 nitrogen and oxygen atoms in total. The molecule has 1 saturated heterocycles. The SMILES string of the molecule is Cc1nn(C2CCOCC2)c2cc(F)c(C(=O)NS(C)(=O)=O)cc12. The predicted molar refractivity (Wildman–Crippen MR) is 85.8 cm³/mol. The Morgan fingerprint density at radius 1 is 1.38 bits per heavy atom. The summed E-state index contributed by atoms with van der Waals surface area (Å²) in [5.74, 6) is -1.77. The molecular weight excluding hydrogens is 337 g/mol. The molecule has 1 aromatic carbocycles. The highest BCUT2D eigenvalue weighted by molar-refractivity contribution is 7.89. The van der Waals surface area contributed by atoms with Crippen LogP contribution in [0.2, 0.25) is 0 Å². The molecule has 9 heteroatoms. The van der Waals surface area contributed by atoms with Crippen LogP contribution in [0.15, 0.2) is 12.1 Å². The van der Waals surface area contributed by atoms with Crippen molar-refractivity contribution in [3.8, 4) is 0 Å². The molecule has 1 fully saturated rings. The summed E-state index contributed by atoms with van der Waals surface area (Å²) < 4.78 is 45.6. The lowest BCUT2D eigenvalue weighted by molar-refractivity contribution is 0.0674. The van der Waals surface area contributed by atoms with Crippen molar-refractivity contribution in [2.45, 2.75) is 25.8 Å². The second-order valence-electron chi connectivity index (χ2n) is 5.93. The minimum atomic E-state index is -3.76. The highest BCUT2D eigenvalue weighted by Gasteiger charge is 2.23. The van der Waals surface area contributed by atoms with Gasteiger partial charge in [-0.2, -0.15) is 5.10 Å². The van der Waals surface area contributed by atoms with E-state index < -0.39 is 21.7 Å². The van der Waals surface area contributed by atoms with Crippen molar-refractivity contribution in [1.82, 2.24) is 14.5 Å². The lowest BCUT2D eigenvalue weighted by atomic mass is 10.1. The third-order valence-corrected chi connectivity index (χ3v) is 4.60. The quantitative estimate of drug-likeness (QED) is 0.902. The van der Waals surface area contributed by atoms with Gasteiger partial charge in [-0.15, -0.1) is 0 Å². The fraction of sp³-hybridized carbons (Fsp3) is 0.467. The standard InChI is InChI=1S/C15H18FN3O4S/c1-9-11-7-12(15(20)18-24(2,21)22)13(16)8-14(11)19(17-9)10-3-5-23-6-4-10/h7-8,10H,3-6H2,1-2H3,(H,18,20). The summed E-state index contributed by atoms with van der Waals surface area (Å²) >= 11 is 0. The number of ether oxygens (including phenoxy) is 1. The summed E-state index contributed by atoms with van der Waals surface area (Å²) in [5, 5.41) is 5.10. The van der Waals surface area contributed by atoms with Crippen LogP contribution in [0.4, 0.5) is 4.39 Å². The molecule has 1 aliphatic heterocycles. The summed E-state index contributed by atoms with van der Waals surface area (Å²) in [4.78, 5) is 12.0. The molecule has 0 radical (unpaired) electrons. The number of sulfonamides is 1. The van der Waals surface area contributed by atoms with Gasteiger partial charge in [0.25, 0.3) is 5.91 Å². The van der Waals surface area contributed by atoms with Gasteiger partial charge < -0.3 is 4.74 Å². The first-order valence-electron chi connectivity index (χ1n) is 7.54. The molecule has 1 N–H and O–H groups in total. The number of carbonyl (C=O) groups excluding carboxylic acids is 1. The molecule has 130 valence electrons. The molecule has 2 aromatic rings. The van der Waals surface area contributed by atoms with Crippen LogP contribution < -0.4 is 4.72 Å². The maximum Gasteiger partial charge on any atom is 0.267 e. The Labute approximate surface area is 138 Å². The third kappa shape index (κ3) is 3.27. The summed E-state index contributed by atoms with van der Waals surface area (Å²) in [5.41, 5.74) is 0.931. The first-order chi connectivity index (χ1) is 11.3. The van der Waals surface area contributed by atoms with Gasteiger partial charge in [0.2, 0.25) is 10.0 Å². The zero-order valence-electron chi connectivity index (χ0n) is 13.4. The number of rotatable bonds is 3. The molecule has 0 bridgehead atoms. The highest BCUT2D eigenvalue weighted by atomic mass is 32.2. The van der Waals surface area contributed by atoms with Crippen LogP contribution in [0, 0.1) is 12.7 Å². The summed E-state index contributed by atoms with van der Waals surface area (Å²) in [6.07, 6.45) is 2.41. The molecule has 0 atom stereocenters. The van der Waals surface area contributed by atoms with Gasteiger partial charge in [0.05, 0.1) is 29.1 Å². The molecule has 1 aliphatic rings. The van der Waals surface area contributed by atoms with Gasteiger partial charge >= 0.3 is 0 Å². The maximum absolute atomic E-state index is 14.4. The number of hydrogen-bond acceptors (Lipinski definition) is 5. The molecule has 1 aromatic heterocycles. The van der Waals surface area contributed by atoms with Crippen molar-refractivity contribution in [2.24, 2.45) is 0 Å². The first-order valence-corrected chi connectivity index (χ1v) is 9.43. The van der Waals surface area contributed by atoms with Gasteiger partial charge in [0, 0.05) is 24.7 Å². The van der Waals surface area contributed by atoms with Gasteiger partial charge in [-0.25, -0.2) is 17.5 Å². The van der Waals surface area contributed by atoms with E-state index in [1.54, 1.807) is 16.3 Å². The largest absolute Gasteiger partial charge is 0.381 e. The number of nitrogens with one attached hydrogen (secondary N) is 1. The number of hydrogen-bond donors (Lipinski definition) is 1. The molecule has 0 aliphatic carbocycles. The summed E-state index contributed by atoms with van der Waals surface area (Å²) in [6, 6.07) is 2.70. The maximum atomic E-state index is 14.4. The number of aryl methyl sites for hydroxylation is 1. The molecule has 0 unspecified atom stereocenters. The van der Waals surface area contributed by atoms with Gasteiger partial charge in [-0.05, 0) is 25.8 Å². The average Bonchev–Trinajstić information content (AvgIpc) is 2.82. The van der Waals surface area contributed by atoms with Crippen LogP contribution in [0.1, 0.15) is 34.9 Å². The van der Waals surface area contributed by atoms with E-state index in [1.165, 1.54) is 12.1 Å². The number of halogens is 1. The fourth-order valence-electron chi connectivity index (χ4n) is 2.92. The smallest absolute Gasteiger partial charge is 0.267 e. The van der Waals surface area contributed by atoms with E-state index in [0.29, 0.717) is 29.8 Å². The normalized spacial score (nSPS) is 16.5. The van der Waals surface area contributed by atoms with Crippen molar-refractivity contribution < 1.29 is 22.3 Å². The minimum absolute atomic E-state index is 0.116. The van der Waals surface area contributed by atoms with Crippen LogP contribution in [0.5, 0.6) is 0 Å².